The Balaban J connectivity index is 1.20. The summed E-state index contributed by atoms with van der Waals surface area (Å²) < 4.78 is 7.30. The van der Waals surface area contributed by atoms with Gasteiger partial charge < -0.3 is 9.64 Å². The number of amides is 1. The number of hydrogen-bond donors (Lipinski definition) is 0. The Morgan fingerprint density at radius 2 is 1.53 bits per heavy atom. The van der Waals surface area contributed by atoms with Crippen molar-refractivity contribution >= 4 is 35.1 Å². The first kappa shape index (κ1) is 32.5. The number of Topliss-reactive ketones (excluding diaryl/α,β-unsaturated/α-hetero) is 1. The summed E-state index contributed by atoms with van der Waals surface area (Å²) >= 11 is 7.46. The zero-order valence-corrected chi connectivity index (χ0v) is 26.6. The van der Waals surface area contributed by atoms with E-state index < -0.39 is 0 Å². The molecule has 0 spiro atoms. The summed E-state index contributed by atoms with van der Waals surface area (Å²) in [6.45, 7) is 2.26. The molecule has 0 N–H and O–H groups in total. The molecule has 9 nitrogen and oxygen atoms in total. The van der Waals surface area contributed by atoms with Crippen LogP contribution >= 0.6 is 23.4 Å². The highest BCUT2D eigenvalue weighted by Gasteiger charge is 2.19. The maximum atomic E-state index is 13.1. The molecule has 11 heteroatoms. The average Bonchev–Trinajstić information content (AvgIpc) is 3.08. The zero-order chi connectivity index (χ0) is 31.4. The van der Waals surface area contributed by atoms with E-state index in [-0.39, 0.29) is 17.2 Å². The van der Waals surface area contributed by atoms with E-state index in [2.05, 4.69) is 15.0 Å². The minimum absolute atomic E-state index is 0.0170. The molecule has 5 rings (SSSR count). The molecular weight excluding hydrogens is 610 g/mol. The minimum atomic E-state index is -0.276. The van der Waals surface area contributed by atoms with Crippen molar-refractivity contribution in [3.8, 4) is 5.69 Å². The van der Waals surface area contributed by atoms with Gasteiger partial charge in [-0.3, -0.25) is 19.0 Å². The number of thioether (sulfide) groups is 1. The fraction of sp³-hybridized carbons (Fsp3) is 0.353. The van der Waals surface area contributed by atoms with Gasteiger partial charge in [-0.05, 0) is 66.9 Å². The van der Waals surface area contributed by atoms with Gasteiger partial charge in [0.25, 0.3) is 11.5 Å². The number of halogens is 1. The number of benzene rings is 2. The smallest absolute Gasteiger partial charge is 0.277 e. The van der Waals surface area contributed by atoms with Crippen LogP contribution in [0.3, 0.4) is 0 Å². The monoisotopic (exact) mass is 645 g/mol. The first-order chi connectivity index (χ1) is 22.0. The molecule has 0 aliphatic carbocycles. The lowest BCUT2D eigenvalue weighted by molar-refractivity contribution is 0.0303. The van der Waals surface area contributed by atoms with Gasteiger partial charge in [0.05, 0.1) is 13.2 Å². The van der Waals surface area contributed by atoms with Crippen molar-refractivity contribution in [2.24, 2.45) is 0 Å². The third-order valence-corrected chi connectivity index (χ3v) is 8.90. The van der Waals surface area contributed by atoms with Crippen molar-refractivity contribution in [1.82, 2.24) is 24.4 Å². The second kappa shape index (κ2) is 16.5. The van der Waals surface area contributed by atoms with E-state index in [0.717, 1.165) is 49.1 Å². The number of unbranched alkanes of at least 4 members (excludes halogenated alkanes) is 4. The normalized spacial score (nSPS) is 13.1. The van der Waals surface area contributed by atoms with Crippen molar-refractivity contribution < 1.29 is 14.3 Å². The molecule has 2 aromatic heterocycles. The number of ketones is 1. The highest BCUT2D eigenvalue weighted by Crippen LogP contribution is 2.23. The molecule has 1 amide bonds. The number of aromatic nitrogens is 4. The van der Waals surface area contributed by atoms with Crippen LogP contribution in [0, 0.1) is 0 Å². The van der Waals surface area contributed by atoms with Gasteiger partial charge in [0.1, 0.15) is 6.33 Å². The van der Waals surface area contributed by atoms with E-state index in [4.69, 9.17) is 16.3 Å². The lowest BCUT2D eigenvalue weighted by atomic mass is 10.0. The Hall–Kier alpha value is -3.86. The summed E-state index contributed by atoms with van der Waals surface area (Å²) in [5.41, 5.74) is 3.22. The molecule has 0 radical (unpaired) electrons. The van der Waals surface area contributed by atoms with E-state index >= 15 is 0 Å². The lowest BCUT2D eigenvalue weighted by Crippen LogP contribution is -2.40. The van der Waals surface area contributed by atoms with Crippen molar-refractivity contribution in [2.45, 2.75) is 50.1 Å². The van der Waals surface area contributed by atoms with Crippen molar-refractivity contribution in [2.75, 3.05) is 32.1 Å². The van der Waals surface area contributed by atoms with Gasteiger partial charge in [0.15, 0.2) is 10.9 Å². The van der Waals surface area contributed by atoms with Crippen LogP contribution in [0.25, 0.3) is 5.69 Å². The summed E-state index contributed by atoms with van der Waals surface area (Å²) in [7, 11) is 0. The average molecular weight is 646 g/mol. The van der Waals surface area contributed by atoms with Gasteiger partial charge in [0.2, 0.25) is 0 Å². The third kappa shape index (κ3) is 9.32. The molecule has 0 unspecified atom stereocenters. The van der Waals surface area contributed by atoms with Crippen LogP contribution in [0.4, 0.5) is 0 Å². The number of carbonyl (C=O) groups excluding carboxylic acids is 2. The molecule has 3 heterocycles. The van der Waals surface area contributed by atoms with Crippen LogP contribution in [0.15, 0.2) is 83.4 Å². The molecule has 45 heavy (non-hydrogen) atoms. The summed E-state index contributed by atoms with van der Waals surface area (Å²) in [4.78, 5) is 52.8. The second-order valence-corrected chi connectivity index (χ2v) is 12.4. The third-order valence-electron chi connectivity index (χ3n) is 7.61. The number of ether oxygens (including phenoxy) is 1. The maximum absolute atomic E-state index is 13.1. The number of hydrogen-bond acceptors (Lipinski definition) is 8. The summed E-state index contributed by atoms with van der Waals surface area (Å²) in [6, 6.07) is 14.5. The van der Waals surface area contributed by atoms with Gasteiger partial charge >= 0.3 is 0 Å². The van der Waals surface area contributed by atoms with Crippen LogP contribution in [0.5, 0.6) is 0 Å². The molecule has 234 valence electrons. The van der Waals surface area contributed by atoms with E-state index in [1.165, 1.54) is 6.33 Å². The SMILES string of the molecule is O=C(CCCCCCCSc1nc(=O)c(Cc2cncnc2)cn1-c1ccc(C(=O)N2CCOCC2)cc1)c1ccc(Cl)cc1. The summed E-state index contributed by atoms with van der Waals surface area (Å²) in [5, 5.41) is 1.23. The number of nitrogens with zero attached hydrogens (tertiary/aromatic N) is 5. The molecule has 1 aliphatic heterocycles. The zero-order valence-electron chi connectivity index (χ0n) is 25.1. The highest BCUT2D eigenvalue weighted by atomic mass is 35.5. The fourth-order valence-corrected chi connectivity index (χ4v) is 6.20. The van der Waals surface area contributed by atoms with Crippen molar-refractivity contribution in [3.63, 3.8) is 0 Å². The summed E-state index contributed by atoms with van der Waals surface area (Å²) in [6.07, 6.45) is 12.4. The van der Waals surface area contributed by atoms with Gasteiger partial charge in [-0.15, -0.1) is 0 Å². The van der Waals surface area contributed by atoms with Crippen LogP contribution in [-0.4, -0.2) is 68.2 Å². The Morgan fingerprint density at radius 1 is 0.867 bits per heavy atom. The highest BCUT2D eigenvalue weighted by molar-refractivity contribution is 7.99. The Labute approximate surface area is 272 Å². The van der Waals surface area contributed by atoms with E-state index in [1.807, 2.05) is 35.0 Å². The van der Waals surface area contributed by atoms with Gasteiger partial charge in [-0.25, -0.2) is 9.97 Å². The van der Waals surface area contributed by atoms with Gasteiger partial charge in [-0.2, -0.15) is 4.98 Å². The Morgan fingerprint density at radius 3 is 2.27 bits per heavy atom. The largest absolute Gasteiger partial charge is 0.378 e. The number of carbonyl (C=O) groups is 2. The molecule has 1 fully saturated rings. The van der Waals surface area contributed by atoms with Crippen molar-refractivity contribution in [1.29, 1.82) is 0 Å². The first-order valence-electron chi connectivity index (χ1n) is 15.2. The summed E-state index contributed by atoms with van der Waals surface area (Å²) in [5.74, 6) is 0.930. The molecule has 4 aromatic rings. The minimum Gasteiger partial charge on any atom is -0.378 e. The molecule has 0 saturated carbocycles. The second-order valence-electron chi connectivity index (χ2n) is 10.9. The maximum Gasteiger partial charge on any atom is 0.277 e. The van der Waals surface area contributed by atoms with Crippen LogP contribution in [-0.2, 0) is 11.2 Å². The van der Waals surface area contributed by atoms with Gasteiger partial charge in [0, 0.05) is 77.7 Å². The van der Waals surface area contributed by atoms with E-state index in [9.17, 15) is 14.4 Å². The molecule has 1 aliphatic rings. The first-order valence-corrected chi connectivity index (χ1v) is 16.6. The van der Waals surface area contributed by atoms with Crippen LogP contribution < -0.4 is 5.56 Å². The van der Waals surface area contributed by atoms with Crippen LogP contribution in [0.2, 0.25) is 5.02 Å². The number of morpholine rings is 1. The predicted molar refractivity (Wildman–Crippen MR) is 176 cm³/mol. The number of rotatable bonds is 14. The van der Waals surface area contributed by atoms with E-state index in [1.54, 1.807) is 53.3 Å². The van der Waals surface area contributed by atoms with E-state index in [0.29, 0.717) is 66.0 Å². The Kier molecular flexibility index (Phi) is 11.9. The lowest BCUT2D eigenvalue weighted by Gasteiger charge is -2.27. The topological polar surface area (TPSA) is 107 Å². The predicted octanol–water partition coefficient (Wildman–Crippen LogP) is 6.05. The molecule has 1 saturated heterocycles. The Bertz CT molecular complexity index is 1630. The molecule has 0 atom stereocenters. The van der Waals surface area contributed by atoms with Crippen molar-refractivity contribution in [3.05, 3.63) is 111 Å². The quantitative estimate of drug-likeness (QED) is 0.0706. The van der Waals surface area contributed by atoms with Crippen LogP contribution in [0.1, 0.15) is 70.4 Å². The molecule has 0 bridgehead atoms. The molecular formula is C34H36ClN5O4S. The molecule has 2 aromatic carbocycles. The fourth-order valence-electron chi connectivity index (χ4n) is 5.10. The standard InChI is InChI=1S/C34H36ClN5O4S/c35-29-11-7-26(8-12-29)31(41)6-4-2-1-3-5-19-45-34-38-32(42)28(20-25-21-36-24-37-22-25)23-40(34)30-13-9-27(10-14-30)33(43)39-15-17-44-18-16-39/h7-14,21-24H,1-6,15-20H2. The van der Waals surface area contributed by atoms with Gasteiger partial charge in [-0.1, -0.05) is 42.6 Å².